The molecule has 0 N–H and O–H groups in total. The number of carboxylic acids is 1. The molecule has 0 spiro atoms. The molecule has 0 saturated heterocycles. The molecule has 1 aromatic rings. The molecule has 0 aliphatic heterocycles. The first-order valence-corrected chi connectivity index (χ1v) is 10.6. The Morgan fingerprint density at radius 3 is 1.68 bits per heavy atom. The van der Waals surface area contributed by atoms with Gasteiger partial charge in [-0.25, -0.2) is 0 Å². The molecule has 0 unspecified atom stereocenters. The van der Waals surface area contributed by atoms with Crippen LogP contribution < -0.4 is 5.11 Å². The van der Waals surface area contributed by atoms with Crippen LogP contribution in [0.15, 0.2) is 30.3 Å². The van der Waals surface area contributed by atoms with Crippen molar-refractivity contribution in [3.8, 4) is 0 Å². The Balaban J connectivity index is 0.000000425. The number of rotatable bonds is 11. The predicted molar refractivity (Wildman–Crippen MR) is 93.2 cm³/mol. The summed E-state index contributed by atoms with van der Waals surface area (Å²) in [7, 11) is 0. The summed E-state index contributed by atoms with van der Waals surface area (Å²) in [4.78, 5) is 10.1. The molecule has 1 rings (SSSR count). The Kier molecular flexibility index (Phi) is 16.5. The van der Waals surface area contributed by atoms with E-state index < -0.39 is 5.97 Å². The third-order valence-corrected chi connectivity index (χ3v) is 4.55. The van der Waals surface area contributed by atoms with Gasteiger partial charge < -0.3 is 9.90 Å². The first kappa shape index (κ1) is 21.5. The minimum absolute atomic E-state index is 0.220. The van der Waals surface area contributed by atoms with Crippen molar-refractivity contribution < 1.29 is 9.90 Å². The van der Waals surface area contributed by atoms with Crippen LogP contribution >= 0.6 is 0 Å². The van der Waals surface area contributed by atoms with Crippen molar-refractivity contribution in [3.63, 3.8) is 0 Å². The average Bonchev–Trinajstić information content (AvgIpc) is 2.55. The van der Waals surface area contributed by atoms with Gasteiger partial charge in [-0.3, -0.25) is 0 Å². The van der Waals surface area contributed by atoms with Gasteiger partial charge in [0, 0.05) is 0 Å². The Labute approximate surface area is 149 Å². The van der Waals surface area contributed by atoms with E-state index in [1.54, 1.807) is 40.7 Å². The van der Waals surface area contributed by atoms with E-state index in [4.69, 9.17) is 0 Å². The summed E-state index contributed by atoms with van der Waals surface area (Å²) in [6.45, 7) is 2.28. The van der Waals surface area contributed by atoms with Crippen molar-refractivity contribution in [1.82, 2.24) is 0 Å². The van der Waals surface area contributed by atoms with Crippen LogP contribution in [0.1, 0.15) is 81.5 Å². The normalized spacial score (nSPS) is 9.86. The molecule has 0 aromatic heterocycles. The van der Waals surface area contributed by atoms with Gasteiger partial charge in [-0.15, -0.1) is 0 Å². The maximum atomic E-state index is 10.1. The zero-order valence-corrected chi connectivity index (χ0v) is 16.8. The molecule has 0 aliphatic rings. The van der Waals surface area contributed by atoms with Gasteiger partial charge in [0.2, 0.25) is 0 Å². The first-order valence-electron chi connectivity index (χ1n) is 8.63. The van der Waals surface area contributed by atoms with Crippen molar-refractivity contribution in [1.29, 1.82) is 0 Å². The minimum atomic E-state index is -1.13. The third kappa shape index (κ3) is 14.4. The van der Waals surface area contributed by atoms with Gasteiger partial charge in [-0.1, -0.05) is 30.3 Å². The SMILES string of the molecule is CCCCCCCCCCC[CH2][Sn+].O=C([O-])c1ccccc1. The summed E-state index contributed by atoms with van der Waals surface area (Å²) in [6.07, 6.45) is 14.7. The third-order valence-electron chi connectivity index (χ3n) is 3.54. The van der Waals surface area contributed by atoms with Crippen LogP contribution in [0.25, 0.3) is 0 Å². The summed E-state index contributed by atoms with van der Waals surface area (Å²) in [6, 6.07) is 8.06. The molecule has 0 saturated carbocycles. The van der Waals surface area contributed by atoms with E-state index in [9.17, 15) is 9.90 Å². The minimum Gasteiger partial charge on any atom is -0.545 e. The summed E-state index contributed by atoms with van der Waals surface area (Å²) in [5.74, 6) is -1.13. The molecular formula is C19H30O2Sn. The number of hydrogen-bond acceptors (Lipinski definition) is 2. The molecule has 1 aromatic carbocycles. The molecule has 3 heteroatoms. The van der Waals surface area contributed by atoms with Gasteiger partial charge in [0.05, 0.1) is 5.97 Å². The second kappa shape index (κ2) is 16.9. The fourth-order valence-electron chi connectivity index (χ4n) is 2.19. The summed E-state index contributed by atoms with van der Waals surface area (Å²) < 4.78 is 1.46. The van der Waals surface area contributed by atoms with Gasteiger partial charge in [0.15, 0.2) is 0 Å². The number of unbranched alkanes of at least 4 members (excludes halogenated alkanes) is 9. The molecule has 22 heavy (non-hydrogen) atoms. The van der Waals surface area contributed by atoms with E-state index in [2.05, 4.69) is 6.92 Å². The van der Waals surface area contributed by atoms with Crippen LogP contribution in [-0.2, 0) is 0 Å². The second-order valence-electron chi connectivity index (χ2n) is 5.59. The second-order valence-corrected chi connectivity index (χ2v) is 7.01. The smallest absolute Gasteiger partial charge is 0.0715 e. The molecule has 0 bridgehead atoms. The van der Waals surface area contributed by atoms with Gasteiger partial charge >= 0.3 is 98.1 Å². The van der Waals surface area contributed by atoms with Crippen LogP contribution in [0.4, 0.5) is 0 Å². The van der Waals surface area contributed by atoms with Crippen molar-refractivity contribution in [3.05, 3.63) is 35.9 Å². The maximum absolute atomic E-state index is 10.1. The topological polar surface area (TPSA) is 40.1 Å². The Bertz CT molecular complexity index is 342. The fraction of sp³-hybridized carbons (Fsp3) is 0.632. The Morgan fingerprint density at radius 2 is 1.32 bits per heavy atom. The average molecular weight is 409 g/mol. The van der Waals surface area contributed by atoms with E-state index in [0.29, 0.717) is 0 Å². The largest absolute Gasteiger partial charge is 0.545 e. The summed E-state index contributed by atoms with van der Waals surface area (Å²) in [5, 5.41) is 10.1. The van der Waals surface area contributed by atoms with E-state index in [0.717, 1.165) is 0 Å². The van der Waals surface area contributed by atoms with Gasteiger partial charge in [0.1, 0.15) is 0 Å². The molecule has 0 aliphatic carbocycles. The molecule has 2 nitrogen and oxygen atoms in total. The molecule has 2 radical (unpaired) electrons. The Morgan fingerprint density at radius 1 is 0.864 bits per heavy atom. The fourth-order valence-corrected chi connectivity index (χ4v) is 2.90. The van der Waals surface area contributed by atoms with Gasteiger partial charge in [-0.2, -0.15) is 0 Å². The van der Waals surface area contributed by atoms with Crippen LogP contribution in [-0.4, -0.2) is 28.5 Å². The van der Waals surface area contributed by atoms with Crippen LogP contribution in [0.5, 0.6) is 0 Å². The maximum Gasteiger partial charge on any atom is 0.0715 e. The van der Waals surface area contributed by atoms with Crippen molar-refractivity contribution in [2.24, 2.45) is 0 Å². The summed E-state index contributed by atoms with van der Waals surface area (Å²) >= 11 is 1.72. The van der Waals surface area contributed by atoms with Crippen molar-refractivity contribution in [2.45, 2.75) is 75.6 Å². The zero-order valence-electron chi connectivity index (χ0n) is 14.0. The number of benzene rings is 1. The van der Waals surface area contributed by atoms with E-state index in [1.807, 2.05) is 0 Å². The van der Waals surface area contributed by atoms with Gasteiger partial charge in [-0.05, 0) is 5.56 Å². The summed E-state index contributed by atoms with van der Waals surface area (Å²) in [5.41, 5.74) is 0.220. The quantitative estimate of drug-likeness (QED) is 0.398. The van der Waals surface area contributed by atoms with Crippen molar-refractivity contribution >= 4 is 28.5 Å². The molecular weight excluding hydrogens is 379 g/mol. The van der Waals surface area contributed by atoms with E-state index in [1.165, 1.54) is 80.8 Å². The van der Waals surface area contributed by atoms with E-state index in [-0.39, 0.29) is 5.56 Å². The Hall–Kier alpha value is -0.511. The zero-order chi connectivity index (χ0) is 16.5. The molecule has 122 valence electrons. The first-order chi connectivity index (χ1) is 10.7. The van der Waals surface area contributed by atoms with Gasteiger partial charge in [0.25, 0.3) is 0 Å². The molecule has 0 amide bonds. The van der Waals surface area contributed by atoms with Crippen LogP contribution in [0.3, 0.4) is 0 Å². The molecule has 0 heterocycles. The number of hydrogen-bond donors (Lipinski definition) is 0. The predicted octanol–water partition coefficient (Wildman–Crippen LogP) is 4.54. The van der Waals surface area contributed by atoms with Crippen LogP contribution in [0.2, 0.25) is 4.44 Å². The standard InChI is InChI=1S/C12H25.C7H6O2.Sn/c1-3-5-7-9-11-12-10-8-6-4-2;8-7(9)6-4-2-1-3-5-6;/h1,3-12H2,2H3;1-5H,(H,8,9);/q;;+1/p-1. The number of carboxylic acid groups (broad SMARTS) is 1. The molecule has 0 atom stereocenters. The van der Waals surface area contributed by atoms with Crippen molar-refractivity contribution in [2.75, 3.05) is 0 Å². The number of aromatic carboxylic acids is 1. The molecule has 0 fully saturated rings. The van der Waals surface area contributed by atoms with Crippen LogP contribution in [0, 0.1) is 0 Å². The monoisotopic (exact) mass is 410 g/mol. The van der Waals surface area contributed by atoms with E-state index >= 15 is 0 Å². The number of carbonyl (C=O) groups is 1. The number of carbonyl (C=O) groups excluding carboxylic acids is 1.